The van der Waals surface area contributed by atoms with Gasteiger partial charge < -0.3 is 0 Å². The molecule has 0 radical (unpaired) electrons. The van der Waals surface area contributed by atoms with Gasteiger partial charge in [0.1, 0.15) is 0 Å². The summed E-state index contributed by atoms with van der Waals surface area (Å²) in [6.45, 7) is 7.71. The molecule has 1 aromatic carbocycles. The summed E-state index contributed by atoms with van der Waals surface area (Å²) in [6.07, 6.45) is 3.57. The van der Waals surface area contributed by atoms with Crippen molar-refractivity contribution in [3.8, 4) is 0 Å². The van der Waals surface area contributed by atoms with E-state index in [4.69, 9.17) is 4.99 Å². The molecule has 0 amide bonds. The fourth-order valence-corrected chi connectivity index (χ4v) is 3.42. The zero-order chi connectivity index (χ0) is 18.0. The molecule has 3 aromatic rings. The Morgan fingerprint density at radius 1 is 1.04 bits per heavy atom. The monoisotopic (exact) mass is 339 g/mol. The Morgan fingerprint density at radius 2 is 1.80 bits per heavy atom. The fourth-order valence-electron chi connectivity index (χ4n) is 3.42. The lowest BCUT2D eigenvalue weighted by molar-refractivity contribution is 0.290. The summed E-state index contributed by atoms with van der Waals surface area (Å²) in [5, 5.41) is 4.38. The first-order valence-corrected chi connectivity index (χ1v) is 8.25. The third kappa shape index (κ3) is 2.15. The van der Waals surface area contributed by atoms with E-state index in [0.717, 1.165) is 11.1 Å². The molecule has 1 aliphatic rings. The minimum absolute atomic E-state index is 0.373. The first kappa shape index (κ1) is 15.9. The maximum absolute atomic E-state index is 14.8. The molecule has 0 N–H and O–H groups in total. The Balaban J connectivity index is 2.03. The van der Waals surface area contributed by atoms with E-state index in [1.807, 2.05) is 52.1 Å². The second-order valence-corrected chi connectivity index (χ2v) is 7.55. The van der Waals surface area contributed by atoms with Crippen LogP contribution in [0.25, 0.3) is 5.52 Å². The number of hydrogen-bond donors (Lipinski definition) is 0. The first-order valence-electron chi connectivity index (χ1n) is 8.25. The molecule has 3 heterocycles. The molecule has 1 aliphatic heterocycles. The van der Waals surface area contributed by atoms with Crippen LogP contribution in [0.4, 0.5) is 8.78 Å². The summed E-state index contributed by atoms with van der Waals surface area (Å²) >= 11 is 0. The Labute approximate surface area is 145 Å². The van der Waals surface area contributed by atoms with Crippen LogP contribution in [-0.2, 0) is 5.41 Å². The van der Waals surface area contributed by atoms with E-state index >= 15 is 0 Å². The van der Waals surface area contributed by atoms with E-state index in [9.17, 15) is 8.78 Å². The number of fused-ring (bicyclic) bond motifs is 2. The molecule has 3 nitrogen and oxygen atoms in total. The molecule has 0 spiro atoms. The van der Waals surface area contributed by atoms with Crippen LogP contribution in [0, 0.1) is 11.6 Å². The molecule has 0 bridgehead atoms. The van der Waals surface area contributed by atoms with Gasteiger partial charge in [0, 0.05) is 28.3 Å². The molecule has 0 atom stereocenters. The van der Waals surface area contributed by atoms with Gasteiger partial charge in [-0.25, -0.2) is 13.3 Å². The van der Waals surface area contributed by atoms with E-state index < -0.39 is 22.6 Å². The quantitative estimate of drug-likeness (QED) is 0.641. The van der Waals surface area contributed by atoms with Gasteiger partial charge in [-0.3, -0.25) is 4.99 Å². The van der Waals surface area contributed by atoms with Crippen LogP contribution in [-0.4, -0.2) is 20.9 Å². The predicted octanol–water partition coefficient (Wildman–Crippen LogP) is 4.52. The van der Waals surface area contributed by atoms with Crippen molar-refractivity contribution in [1.29, 1.82) is 0 Å². The highest BCUT2D eigenvalue weighted by atomic mass is 19.2. The normalized spacial score (nSPS) is 18.1. The SMILES string of the molecule is CC1(C)N=C(c2cnn3cccc3c2)c2ccc(F)c(F)c2C1(C)C. The van der Waals surface area contributed by atoms with Gasteiger partial charge in [-0.1, -0.05) is 13.8 Å². The van der Waals surface area contributed by atoms with Crippen molar-refractivity contribution < 1.29 is 8.78 Å². The predicted molar refractivity (Wildman–Crippen MR) is 94.3 cm³/mol. The summed E-state index contributed by atoms with van der Waals surface area (Å²) in [4.78, 5) is 4.92. The van der Waals surface area contributed by atoms with Crippen molar-refractivity contribution in [3.63, 3.8) is 0 Å². The highest BCUT2D eigenvalue weighted by Gasteiger charge is 2.46. The molecule has 0 fully saturated rings. The van der Waals surface area contributed by atoms with Crippen LogP contribution in [0.1, 0.15) is 44.4 Å². The molecule has 25 heavy (non-hydrogen) atoms. The standard InChI is InChI=1S/C20H19F2N3/c1-19(2)16-14(7-8-15(21)17(16)22)18(24-20(19,3)4)12-10-13-6-5-9-25(13)23-11-12/h5-11H,1-4H3. The van der Waals surface area contributed by atoms with Gasteiger partial charge in [-0.2, -0.15) is 5.10 Å². The van der Waals surface area contributed by atoms with E-state index in [1.165, 1.54) is 6.07 Å². The van der Waals surface area contributed by atoms with Gasteiger partial charge in [0.15, 0.2) is 11.6 Å². The molecule has 0 saturated carbocycles. The number of benzene rings is 1. The third-order valence-electron chi connectivity index (χ3n) is 5.55. The van der Waals surface area contributed by atoms with Crippen molar-refractivity contribution in [3.05, 3.63) is 71.1 Å². The number of aromatic nitrogens is 2. The Hall–Kier alpha value is -2.56. The van der Waals surface area contributed by atoms with Crippen LogP contribution in [0.3, 0.4) is 0 Å². The fraction of sp³-hybridized carbons (Fsp3) is 0.300. The van der Waals surface area contributed by atoms with Crippen molar-refractivity contribution in [2.45, 2.75) is 38.6 Å². The van der Waals surface area contributed by atoms with Crippen LogP contribution >= 0.6 is 0 Å². The van der Waals surface area contributed by atoms with E-state index in [0.29, 0.717) is 16.8 Å². The molecule has 4 rings (SSSR count). The molecule has 5 heteroatoms. The average molecular weight is 339 g/mol. The second-order valence-electron chi connectivity index (χ2n) is 7.55. The minimum atomic E-state index is -0.830. The second kappa shape index (κ2) is 4.97. The topological polar surface area (TPSA) is 29.7 Å². The lowest BCUT2D eigenvalue weighted by Gasteiger charge is -2.44. The third-order valence-corrected chi connectivity index (χ3v) is 5.55. The molecule has 128 valence electrons. The number of rotatable bonds is 1. The number of aliphatic imine (C=N–C) groups is 1. The van der Waals surface area contributed by atoms with Gasteiger partial charge in [0.25, 0.3) is 0 Å². The smallest absolute Gasteiger partial charge is 0.163 e. The lowest BCUT2D eigenvalue weighted by Crippen LogP contribution is -2.47. The maximum Gasteiger partial charge on any atom is 0.163 e. The average Bonchev–Trinajstić information content (AvgIpc) is 3.01. The Kier molecular flexibility index (Phi) is 3.17. The van der Waals surface area contributed by atoms with Gasteiger partial charge in [0.2, 0.25) is 0 Å². The molecule has 2 aromatic heterocycles. The summed E-state index contributed by atoms with van der Waals surface area (Å²) < 4.78 is 30.5. The van der Waals surface area contributed by atoms with Crippen LogP contribution in [0.5, 0.6) is 0 Å². The van der Waals surface area contributed by atoms with Crippen LogP contribution in [0.2, 0.25) is 0 Å². The number of halogens is 2. The van der Waals surface area contributed by atoms with Crippen molar-refractivity contribution >= 4 is 11.2 Å². The Bertz CT molecular complexity index is 1030. The summed E-state index contributed by atoms with van der Waals surface area (Å²) in [5.41, 5.74) is 2.12. The largest absolute Gasteiger partial charge is 0.277 e. The van der Waals surface area contributed by atoms with E-state index in [1.54, 1.807) is 16.8 Å². The first-order chi connectivity index (χ1) is 11.7. The van der Waals surface area contributed by atoms with Gasteiger partial charge >= 0.3 is 0 Å². The maximum atomic E-state index is 14.8. The zero-order valence-electron chi connectivity index (χ0n) is 14.6. The van der Waals surface area contributed by atoms with Gasteiger partial charge in [-0.15, -0.1) is 0 Å². The molecule has 0 aliphatic carbocycles. The van der Waals surface area contributed by atoms with Crippen LogP contribution in [0.15, 0.2) is 47.7 Å². The van der Waals surface area contributed by atoms with Crippen molar-refractivity contribution in [1.82, 2.24) is 9.61 Å². The van der Waals surface area contributed by atoms with Crippen LogP contribution < -0.4 is 0 Å². The summed E-state index contributed by atoms with van der Waals surface area (Å²) in [6, 6.07) is 8.60. The minimum Gasteiger partial charge on any atom is -0.277 e. The summed E-state index contributed by atoms with van der Waals surface area (Å²) in [7, 11) is 0. The van der Waals surface area contributed by atoms with E-state index in [-0.39, 0.29) is 0 Å². The van der Waals surface area contributed by atoms with E-state index in [2.05, 4.69) is 5.10 Å². The molecular formula is C20H19F2N3. The summed E-state index contributed by atoms with van der Waals surface area (Å²) in [5.74, 6) is -1.62. The molecule has 0 saturated heterocycles. The molecule has 0 unspecified atom stereocenters. The highest BCUT2D eigenvalue weighted by Crippen LogP contribution is 2.45. The number of hydrogen-bond acceptors (Lipinski definition) is 2. The Morgan fingerprint density at radius 3 is 2.56 bits per heavy atom. The van der Waals surface area contributed by atoms with Crippen molar-refractivity contribution in [2.75, 3.05) is 0 Å². The van der Waals surface area contributed by atoms with Gasteiger partial charge in [0.05, 0.1) is 23.0 Å². The van der Waals surface area contributed by atoms with Crippen molar-refractivity contribution in [2.24, 2.45) is 4.99 Å². The lowest BCUT2D eigenvalue weighted by atomic mass is 9.65. The number of nitrogens with zero attached hydrogens (tertiary/aromatic N) is 3. The molecular weight excluding hydrogens is 320 g/mol. The van der Waals surface area contributed by atoms with Gasteiger partial charge in [-0.05, 0) is 44.2 Å². The zero-order valence-corrected chi connectivity index (χ0v) is 14.6. The highest BCUT2D eigenvalue weighted by molar-refractivity contribution is 6.15.